The summed E-state index contributed by atoms with van der Waals surface area (Å²) in [5.41, 5.74) is -0.474. The first-order valence-electron chi connectivity index (χ1n) is 6.99. The number of carboxylic acid groups (broad SMARTS) is 1. The number of hydrogen-bond acceptors (Lipinski definition) is 3. The van der Waals surface area contributed by atoms with E-state index in [1.165, 1.54) is 0 Å². The van der Waals surface area contributed by atoms with Gasteiger partial charge in [0.25, 0.3) is 0 Å². The standard InChI is InChI=1S/C15H20N2O3/c1-11-6-2-4-8-15(11,14(19)20)17-13(18)10-12-7-3-5-9-16-12/h3,5,7,9,11H,2,4,6,8,10H2,1H3,(H,17,18)(H,19,20). The first-order valence-corrected chi connectivity index (χ1v) is 6.99. The van der Waals surface area contributed by atoms with Gasteiger partial charge < -0.3 is 10.4 Å². The zero-order valence-corrected chi connectivity index (χ0v) is 11.6. The fraction of sp³-hybridized carbons (Fsp3) is 0.533. The molecule has 1 aromatic heterocycles. The van der Waals surface area contributed by atoms with Crippen LogP contribution in [0.2, 0.25) is 0 Å². The van der Waals surface area contributed by atoms with E-state index in [1.807, 2.05) is 13.0 Å². The molecule has 1 fully saturated rings. The predicted octanol–water partition coefficient (Wildman–Crippen LogP) is 1.77. The lowest BCUT2D eigenvalue weighted by Gasteiger charge is -2.39. The van der Waals surface area contributed by atoms with E-state index in [1.54, 1.807) is 18.3 Å². The normalized spacial score (nSPS) is 25.9. The summed E-state index contributed by atoms with van der Waals surface area (Å²) in [6.45, 7) is 1.90. The highest BCUT2D eigenvalue weighted by Crippen LogP contribution is 2.34. The molecule has 2 atom stereocenters. The van der Waals surface area contributed by atoms with Crippen molar-refractivity contribution in [2.24, 2.45) is 5.92 Å². The molecule has 1 aliphatic carbocycles. The molecule has 108 valence electrons. The number of nitrogens with one attached hydrogen (secondary N) is 1. The predicted molar refractivity (Wildman–Crippen MR) is 74.1 cm³/mol. The van der Waals surface area contributed by atoms with Crippen LogP contribution in [-0.4, -0.2) is 27.5 Å². The molecular weight excluding hydrogens is 256 g/mol. The van der Waals surface area contributed by atoms with Crippen molar-refractivity contribution in [3.05, 3.63) is 30.1 Å². The summed E-state index contributed by atoms with van der Waals surface area (Å²) < 4.78 is 0. The molecule has 0 aliphatic heterocycles. The van der Waals surface area contributed by atoms with Crippen LogP contribution in [0.1, 0.15) is 38.3 Å². The van der Waals surface area contributed by atoms with Crippen LogP contribution in [0.3, 0.4) is 0 Å². The number of aliphatic carboxylic acids is 1. The summed E-state index contributed by atoms with van der Waals surface area (Å²) >= 11 is 0. The number of carbonyl (C=O) groups excluding carboxylic acids is 1. The number of rotatable bonds is 4. The molecule has 0 bridgehead atoms. The van der Waals surface area contributed by atoms with E-state index in [2.05, 4.69) is 10.3 Å². The van der Waals surface area contributed by atoms with Gasteiger partial charge in [-0.3, -0.25) is 9.78 Å². The van der Waals surface area contributed by atoms with Crippen LogP contribution in [0.15, 0.2) is 24.4 Å². The van der Waals surface area contributed by atoms with Gasteiger partial charge in [0.05, 0.1) is 6.42 Å². The second-order valence-corrected chi connectivity index (χ2v) is 5.47. The number of carboxylic acids is 1. The Morgan fingerprint density at radius 3 is 2.85 bits per heavy atom. The van der Waals surface area contributed by atoms with Crippen molar-refractivity contribution in [2.75, 3.05) is 0 Å². The quantitative estimate of drug-likeness (QED) is 0.878. The maximum absolute atomic E-state index is 12.1. The highest BCUT2D eigenvalue weighted by molar-refractivity contribution is 5.88. The van der Waals surface area contributed by atoms with E-state index in [0.717, 1.165) is 19.3 Å². The highest BCUT2D eigenvalue weighted by atomic mass is 16.4. The van der Waals surface area contributed by atoms with Gasteiger partial charge in [-0.1, -0.05) is 25.8 Å². The van der Waals surface area contributed by atoms with Crippen molar-refractivity contribution in [1.29, 1.82) is 0 Å². The molecule has 20 heavy (non-hydrogen) atoms. The maximum atomic E-state index is 12.1. The topological polar surface area (TPSA) is 79.3 Å². The number of amides is 1. The first kappa shape index (κ1) is 14.5. The molecule has 1 amide bonds. The Morgan fingerprint density at radius 1 is 1.45 bits per heavy atom. The zero-order valence-electron chi connectivity index (χ0n) is 11.6. The minimum atomic E-state index is -1.12. The van der Waals surface area contributed by atoms with Gasteiger partial charge in [0, 0.05) is 11.9 Å². The molecule has 0 radical (unpaired) electrons. The Morgan fingerprint density at radius 2 is 2.25 bits per heavy atom. The summed E-state index contributed by atoms with van der Waals surface area (Å²) in [5, 5.41) is 12.3. The molecule has 1 heterocycles. The van der Waals surface area contributed by atoms with Crippen molar-refractivity contribution in [1.82, 2.24) is 10.3 Å². The Bertz CT molecular complexity index is 489. The molecular formula is C15H20N2O3. The third-order valence-electron chi connectivity index (χ3n) is 4.11. The first-order chi connectivity index (χ1) is 9.54. The molecule has 0 saturated heterocycles. The SMILES string of the molecule is CC1CCCCC1(NC(=O)Cc1ccccn1)C(=O)O. The lowest BCUT2D eigenvalue weighted by Crippen LogP contribution is -2.60. The molecule has 2 N–H and O–H groups in total. The third kappa shape index (κ3) is 2.98. The molecule has 1 saturated carbocycles. The van der Waals surface area contributed by atoms with Crippen LogP contribution in [0, 0.1) is 5.92 Å². The van der Waals surface area contributed by atoms with Gasteiger partial charge in [0.1, 0.15) is 5.54 Å². The van der Waals surface area contributed by atoms with E-state index >= 15 is 0 Å². The monoisotopic (exact) mass is 276 g/mol. The molecule has 2 rings (SSSR count). The average Bonchev–Trinajstić information content (AvgIpc) is 2.42. The third-order valence-corrected chi connectivity index (χ3v) is 4.11. The highest BCUT2D eigenvalue weighted by Gasteiger charge is 2.46. The lowest BCUT2D eigenvalue weighted by molar-refractivity contribution is -0.151. The number of nitrogens with zero attached hydrogens (tertiary/aromatic N) is 1. The van der Waals surface area contributed by atoms with Crippen molar-refractivity contribution >= 4 is 11.9 Å². The second-order valence-electron chi connectivity index (χ2n) is 5.47. The largest absolute Gasteiger partial charge is 0.479 e. The van der Waals surface area contributed by atoms with E-state index in [4.69, 9.17) is 0 Å². The second kappa shape index (κ2) is 6.03. The van der Waals surface area contributed by atoms with Gasteiger partial charge in [-0.2, -0.15) is 0 Å². The molecule has 0 aromatic carbocycles. The molecule has 1 aromatic rings. The van der Waals surface area contributed by atoms with Gasteiger partial charge in [-0.25, -0.2) is 4.79 Å². The molecule has 5 heteroatoms. The van der Waals surface area contributed by atoms with Crippen LogP contribution in [0.25, 0.3) is 0 Å². The van der Waals surface area contributed by atoms with E-state index in [9.17, 15) is 14.7 Å². The van der Waals surface area contributed by atoms with Gasteiger partial charge in [-0.05, 0) is 30.9 Å². The lowest BCUT2D eigenvalue weighted by atomic mass is 9.73. The number of carbonyl (C=O) groups is 2. The van der Waals surface area contributed by atoms with Crippen LogP contribution < -0.4 is 5.32 Å². The van der Waals surface area contributed by atoms with Crippen molar-refractivity contribution in [2.45, 2.75) is 44.6 Å². The van der Waals surface area contributed by atoms with Gasteiger partial charge in [0.2, 0.25) is 5.91 Å². The van der Waals surface area contributed by atoms with Crippen molar-refractivity contribution in [3.8, 4) is 0 Å². The summed E-state index contributed by atoms with van der Waals surface area (Å²) in [5.74, 6) is -1.26. The number of aromatic nitrogens is 1. The van der Waals surface area contributed by atoms with E-state index < -0.39 is 11.5 Å². The minimum Gasteiger partial charge on any atom is -0.479 e. The van der Waals surface area contributed by atoms with E-state index in [0.29, 0.717) is 12.1 Å². The summed E-state index contributed by atoms with van der Waals surface area (Å²) in [4.78, 5) is 27.9. The number of hydrogen-bond donors (Lipinski definition) is 2. The molecule has 5 nitrogen and oxygen atoms in total. The van der Waals surface area contributed by atoms with Crippen LogP contribution in [0.5, 0.6) is 0 Å². The maximum Gasteiger partial charge on any atom is 0.329 e. The zero-order chi connectivity index (χ0) is 14.6. The fourth-order valence-corrected chi connectivity index (χ4v) is 2.86. The average molecular weight is 276 g/mol. The summed E-state index contributed by atoms with van der Waals surface area (Å²) in [6.07, 6.45) is 4.92. The molecule has 0 spiro atoms. The van der Waals surface area contributed by atoms with Gasteiger partial charge >= 0.3 is 5.97 Å². The molecule has 1 aliphatic rings. The van der Waals surface area contributed by atoms with E-state index in [-0.39, 0.29) is 18.2 Å². The minimum absolute atomic E-state index is 0.0542. The van der Waals surface area contributed by atoms with Gasteiger partial charge in [0.15, 0.2) is 0 Å². The Labute approximate surface area is 118 Å². The van der Waals surface area contributed by atoms with Crippen molar-refractivity contribution < 1.29 is 14.7 Å². The fourth-order valence-electron chi connectivity index (χ4n) is 2.86. The Balaban J connectivity index is 2.08. The smallest absolute Gasteiger partial charge is 0.329 e. The Hall–Kier alpha value is -1.91. The summed E-state index contributed by atoms with van der Waals surface area (Å²) in [6, 6.07) is 5.35. The van der Waals surface area contributed by atoms with Crippen LogP contribution in [0.4, 0.5) is 0 Å². The van der Waals surface area contributed by atoms with Gasteiger partial charge in [-0.15, -0.1) is 0 Å². The Kier molecular flexibility index (Phi) is 4.37. The van der Waals surface area contributed by atoms with Crippen LogP contribution in [-0.2, 0) is 16.0 Å². The summed E-state index contributed by atoms with van der Waals surface area (Å²) in [7, 11) is 0. The van der Waals surface area contributed by atoms with Crippen LogP contribution >= 0.6 is 0 Å². The number of pyridine rings is 1. The van der Waals surface area contributed by atoms with Crippen molar-refractivity contribution in [3.63, 3.8) is 0 Å². The molecule has 2 unspecified atom stereocenters.